The quantitative estimate of drug-likeness (QED) is 0.511. The van der Waals surface area contributed by atoms with Gasteiger partial charge < -0.3 is 10.2 Å². The summed E-state index contributed by atoms with van der Waals surface area (Å²) in [6, 6.07) is 3.47. The molecule has 1 heterocycles. The number of aliphatic imine (C=N–C) groups is 1. The van der Waals surface area contributed by atoms with E-state index in [9.17, 15) is 19.3 Å². The Morgan fingerprint density at radius 3 is 2.76 bits per heavy atom. The van der Waals surface area contributed by atoms with Crippen molar-refractivity contribution in [1.29, 1.82) is 0 Å². The molecular formula is C19H26ClFN4O3S. The lowest BCUT2D eigenvalue weighted by Gasteiger charge is -2.26. The van der Waals surface area contributed by atoms with E-state index in [0.29, 0.717) is 6.04 Å². The van der Waals surface area contributed by atoms with Crippen molar-refractivity contribution in [3.8, 4) is 0 Å². The second kappa shape index (κ2) is 10.8. The third kappa shape index (κ3) is 6.05. The number of rotatable bonds is 6. The molecule has 0 spiro atoms. The minimum Gasteiger partial charge on any atom is -0.347 e. The summed E-state index contributed by atoms with van der Waals surface area (Å²) in [5.41, 5.74) is -0.422. The highest BCUT2D eigenvalue weighted by Gasteiger charge is 2.31. The number of benzene rings is 1. The zero-order valence-electron chi connectivity index (χ0n) is 16.3. The molecule has 1 aliphatic heterocycles. The van der Waals surface area contributed by atoms with Crippen LogP contribution < -0.4 is 5.32 Å². The van der Waals surface area contributed by atoms with Crippen molar-refractivity contribution < 1.29 is 14.1 Å². The fraction of sp³-hybridized carbons (Fsp3) is 0.579. The average Bonchev–Trinajstić information content (AvgIpc) is 3.05. The van der Waals surface area contributed by atoms with E-state index in [0.717, 1.165) is 48.5 Å². The summed E-state index contributed by atoms with van der Waals surface area (Å²) in [6.45, 7) is 2.79. The first-order valence-corrected chi connectivity index (χ1v) is 10.7. The van der Waals surface area contributed by atoms with Crippen LogP contribution in [0, 0.1) is 15.9 Å². The maximum absolute atomic E-state index is 13.9. The van der Waals surface area contributed by atoms with Gasteiger partial charge in [0, 0.05) is 36.9 Å². The molecule has 1 aliphatic carbocycles. The number of anilines is 1. The summed E-state index contributed by atoms with van der Waals surface area (Å²) < 4.78 is 13.9. The minimum atomic E-state index is -0.688. The molecule has 10 heteroatoms. The number of nitrogens with zero attached hydrogens (tertiary/aromatic N) is 3. The fourth-order valence-corrected chi connectivity index (χ4v) is 4.98. The second-order valence-corrected chi connectivity index (χ2v) is 8.12. The number of nitrogens with one attached hydrogen (secondary N) is 1. The highest BCUT2D eigenvalue weighted by molar-refractivity contribution is 8.14. The predicted octanol–water partition coefficient (Wildman–Crippen LogP) is 4.61. The molecule has 1 atom stereocenters. The van der Waals surface area contributed by atoms with Gasteiger partial charge in [-0.15, -0.1) is 12.4 Å². The molecule has 0 bridgehead atoms. The first kappa shape index (κ1) is 23.4. The predicted molar refractivity (Wildman–Crippen MR) is 116 cm³/mol. The normalized spacial score (nSPS) is 21.1. The molecular weight excluding hydrogens is 419 g/mol. The number of carbonyl (C=O) groups is 1. The van der Waals surface area contributed by atoms with Crippen molar-refractivity contribution in [2.45, 2.75) is 57.5 Å². The standard InChI is InChI=1S/C19H25FN4O3S.ClH/c1-2-23-15(12-28-19(23)21-13-6-4-3-5-7-13)11-18(25)22-17-10-14(24(26)27)8-9-16(17)20;/h8-10,13,15H,2-7,11-12H2,1H3,(H,22,25);1H. The number of halogens is 2. The maximum Gasteiger partial charge on any atom is 0.271 e. The first-order chi connectivity index (χ1) is 13.5. The number of nitro benzene ring substituents is 1. The Hall–Kier alpha value is -1.87. The fourth-order valence-electron chi connectivity index (χ4n) is 3.68. The molecule has 2 fully saturated rings. The molecule has 1 amide bonds. The van der Waals surface area contributed by atoms with Gasteiger partial charge in [-0.3, -0.25) is 19.9 Å². The largest absolute Gasteiger partial charge is 0.347 e. The van der Waals surface area contributed by atoms with Crippen LogP contribution in [0.15, 0.2) is 23.2 Å². The van der Waals surface area contributed by atoms with E-state index in [4.69, 9.17) is 4.99 Å². The van der Waals surface area contributed by atoms with Gasteiger partial charge in [-0.1, -0.05) is 31.0 Å². The van der Waals surface area contributed by atoms with Gasteiger partial charge in [0.25, 0.3) is 5.69 Å². The average molecular weight is 445 g/mol. The van der Waals surface area contributed by atoms with E-state index < -0.39 is 10.7 Å². The number of carbonyl (C=O) groups excluding carboxylic acids is 1. The number of amidine groups is 1. The van der Waals surface area contributed by atoms with Crippen LogP contribution in [0.5, 0.6) is 0 Å². The first-order valence-electron chi connectivity index (χ1n) is 9.69. The molecule has 0 radical (unpaired) electrons. The van der Waals surface area contributed by atoms with Crippen LogP contribution in [0.25, 0.3) is 0 Å². The summed E-state index contributed by atoms with van der Waals surface area (Å²) >= 11 is 1.67. The molecule has 29 heavy (non-hydrogen) atoms. The lowest BCUT2D eigenvalue weighted by Crippen LogP contribution is -2.37. The number of hydrogen-bond acceptors (Lipinski definition) is 5. The smallest absolute Gasteiger partial charge is 0.271 e. The molecule has 7 nitrogen and oxygen atoms in total. The van der Waals surface area contributed by atoms with Crippen molar-refractivity contribution in [3.05, 3.63) is 34.1 Å². The zero-order chi connectivity index (χ0) is 20.1. The van der Waals surface area contributed by atoms with Gasteiger partial charge in [-0.05, 0) is 25.8 Å². The maximum atomic E-state index is 13.9. The van der Waals surface area contributed by atoms with Gasteiger partial charge in [0.05, 0.1) is 16.7 Å². The Bertz CT molecular complexity index is 774. The van der Waals surface area contributed by atoms with Gasteiger partial charge in [0.2, 0.25) is 5.91 Å². The third-order valence-corrected chi connectivity index (χ3v) is 6.31. The van der Waals surface area contributed by atoms with Crippen molar-refractivity contribution in [2.24, 2.45) is 4.99 Å². The number of amides is 1. The molecule has 3 rings (SSSR count). The molecule has 1 saturated heterocycles. The van der Waals surface area contributed by atoms with Crippen LogP contribution in [0.4, 0.5) is 15.8 Å². The van der Waals surface area contributed by atoms with Crippen LogP contribution >= 0.6 is 24.2 Å². The molecule has 160 valence electrons. The molecule has 1 aromatic rings. The highest BCUT2D eigenvalue weighted by Crippen LogP contribution is 2.30. The van der Waals surface area contributed by atoms with Crippen LogP contribution in [0.3, 0.4) is 0 Å². The Morgan fingerprint density at radius 2 is 2.10 bits per heavy atom. The topological polar surface area (TPSA) is 87.8 Å². The third-order valence-electron chi connectivity index (χ3n) is 5.16. The molecule has 1 unspecified atom stereocenters. The van der Waals surface area contributed by atoms with Gasteiger partial charge in [-0.2, -0.15) is 0 Å². The highest BCUT2D eigenvalue weighted by atomic mass is 35.5. The van der Waals surface area contributed by atoms with Crippen LogP contribution in [0.1, 0.15) is 45.4 Å². The SMILES string of the molecule is CCN1C(=NC2CCCCC2)SCC1CC(=O)Nc1cc([N+](=O)[O-])ccc1F.Cl. The van der Waals surface area contributed by atoms with Gasteiger partial charge in [0.1, 0.15) is 5.82 Å². The van der Waals surface area contributed by atoms with E-state index in [1.54, 1.807) is 11.8 Å². The zero-order valence-corrected chi connectivity index (χ0v) is 17.9. The van der Waals surface area contributed by atoms with E-state index in [2.05, 4.69) is 10.2 Å². The minimum absolute atomic E-state index is 0. The number of hydrogen-bond donors (Lipinski definition) is 1. The lowest BCUT2D eigenvalue weighted by atomic mass is 9.96. The second-order valence-electron chi connectivity index (χ2n) is 7.13. The van der Waals surface area contributed by atoms with Gasteiger partial charge >= 0.3 is 0 Å². The molecule has 1 N–H and O–H groups in total. The van der Waals surface area contributed by atoms with Crippen LogP contribution in [0.2, 0.25) is 0 Å². The lowest BCUT2D eigenvalue weighted by molar-refractivity contribution is -0.384. The monoisotopic (exact) mass is 444 g/mol. The molecule has 0 aromatic heterocycles. The van der Waals surface area contributed by atoms with E-state index >= 15 is 0 Å². The van der Waals surface area contributed by atoms with E-state index in [1.807, 2.05) is 6.92 Å². The summed E-state index contributed by atoms with van der Waals surface area (Å²) in [7, 11) is 0. The van der Waals surface area contributed by atoms with Crippen molar-refractivity contribution in [2.75, 3.05) is 17.6 Å². The molecule has 2 aliphatic rings. The van der Waals surface area contributed by atoms with Crippen LogP contribution in [-0.2, 0) is 4.79 Å². The molecule has 1 saturated carbocycles. The Morgan fingerprint density at radius 1 is 1.38 bits per heavy atom. The van der Waals surface area contributed by atoms with Crippen molar-refractivity contribution >= 4 is 46.6 Å². The van der Waals surface area contributed by atoms with E-state index in [-0.39, 0.29) is 42.2 Å². The number of nitro groups is 1. The van der Waals surface area contributed by atoms with Gasteiger partial charge in [-0.25, -0.2) is 4.39 Å². The summed E-state index contributed by atoms with van der Waals surface area (Å²) in [4.78, 5) is 29.7. The summed E-state index contributed by atoms with van der Waals surface area (Å²) in [5, 5.41) is 14.3. The molecule has 1 aromatic carbocycles. The van der Waals surface area contributed by atoms with Crippen LogP contribution in [-0.4, -0.2) is 45.3 Å². The Balaban J connectivity index is 0.00000300. The summed E-state index contributed by atoms with van der Waals surface area (Å²) in [6.07, 6.45) is 6.16. The summed E-state index contributed by atoms with van der Waals surface area (Å²) in [5.74, 6) is -0.293. The van der Waals surface area contributed by atoms with Gasteiger partial charge in [0.15, 0.2) is 5.17 Å². The number of thioether (sulfide) groups is 1. The Labute approximate surface area is 180 Å². The van der Waals surface area contributed by atoms with Crippen molar-refractivity contribution in [1.82, 2.24) is 4.90 Å². The Kier molecular flexibility index (Phi) is 8.70. The number of non-ortho nitro benzene ring substituents is 1. The van der Waals surface area contributed by atoms with E-state index in [1.165, 1.54) is 19.3 Å². The van der Waals surface area contributed by atoms with Crippen molar-refractivity contribution in [3.63, 3.8) is 0 Å².